The molecule has 0 saturated heterocycles. The maximum atomic E-state index is 2.47. The maximum absolute atomic E-state index is 2.47. The zero-order valence-electron chi connectivity index (χ0n) is 12.4. The van der Waals surface area contributed by atoms with Gasteiger partial charge in [-0.25, -0.2) is 0 Å². The molecular formula is C20H22. The molecule has 0 aromatic heterocycles. The quantitative estimate of drug-likeness (QED) is 0.509. The number of hydrogen-bond donors (Lipinski definition) is 0. The number of aryl methyl sites for hydroxylation is 1. The van der Waals surface area contributed by atoms with E-state index >= 15 is 0 Å². The summed E-state index contributed by atoms with van der Waals surface area (Å²) in [6, 6.07) is 14.0. The van der Waals surface area contributed by atoms with Crippen molar-refractivity contribution in [3.05, 3.63) is 47.5 Å². The molecule has 0 aliphatic heterocycles. The SMILES string of the molecule is Cc1ccc2c(c1)-c1cc(C3CCC(C)CC3)ccc1-2. The van der Waals surface area contributed by atoms with Crippen molar-refractivity contribution in [1.82, 2.24) is 0 Å². The maximum Gasteiger partial charge on any atom is -0.00960 e. The number of benzene rings is 2. The summed E-state index contributed by atoms with van der Waals surface area (Å²) in [6.07, 6.45) is 5.55. The topological polar surface area (TPSA) is 0 Å². The summed E-state index contributed by atoms with van der Waals surface area (Å²) in [4.78, 5) is 0. The highest BCUT2D eigenvalue weighted by Gasteiger charge is 2.25. The Morgan fingerprint density at radius 3 is 2.15 bits per heavy atom. The lowest BCUT2D eigenvalue weighted by molar-refractivity contribution is 0.348. The van der Waals surface area contributed by atoms with Crippen LogP contribution in [0.25, 0.3) is 22.3 Å². The summed E-state index contributed by atoms with van der Waals surface area (Å²) < 4.78 is 0. The van der Waals surface area contributed by atoms with E-state index in [2.05, 4.69) is 50.2 Å². The van der Waals surface area contributed by atoms with Crippen LogP contribution in [-0.4, -0.2) is 0 Å². The molecule has 102 valence electrons. The van der Waals surface area contributed by atoms with E-state index in [1.54, 1.807) is 5.56 Å². The fourth-order valence-corrected chi connectivity index (χ4v) is 3.92. The van der Waals surface area contributed by atoms with Gasteiger partial charge in [0.05, 0.1) is 0 Å². The van der Waals surface area contributed by atoms with Crippen molar-refractivity contribution >= 4 is 0 Å². The summed E-state index contributed by atoms with van der Waals surface area (Å²) in [5, 5.41) is 0. The van der Waals surface area contributed by atoms with Gasteiger partial charge in [-0.15, -0.1) is 0 Å². The van der Waals surface area contributed by atoms with Gasteiger partial charge < -0.3 is 0 Å². The van der Waals surface area contributed by atoms with Crippen LogP contribution in [0.2, 0.25) is 0 Å². The average Bonchev–Trinajstić information content (AvgIpc) is 2.46. The van der Waals surface area contributed by atoms with Crippen molar-refractivity contribution in [3.63, 3.8) is 0 Å². The highest BCUT2D eigenvalue weighted by molar-refractivity contribution is 6.02. The van der Waals surface area contributed by atoms with Crippen LogP contribution in [0.4, 0.5) is 0 Å². The Labute approximate surface area is 121 Å². The Bertz CT molecular complexity index is 658. The zero-order chi connectivity index (χ0) is 13.7. The van der Waals surface area contributed by atoms with E-state index in [9.17, 15) is 0 Å². The molecule has 0 nitrogen and oxygen atoms in total. The van der Waals surface area contributed by atoms with E-state index in [1.165, 1.54) is 53.5 Å². The fraction of sp³-hybridized carbons (Fsp3) is 0.400. The summed E-state index contributed by atoms with van der Waals surface area (Å²) in [6.45, 7) is 4.58. The van der Waals surface area contributed by atoms with E-state index in [0.29, 0.717) is 0 Å². The highest BCUT2D eigenvalue weighted by atomic mass is 14.3. The third kappa shape index (κ3) is 1.82. The summed E-state index contributed by atoms with van der Waals surface area (Å²) in [5.74, 6) is 1.73. The molecule has 0 amide bonds. The normalized spacial score (nSPS) is 23.7. The molecule has 2 aromatic carbocycles. The van der Waals surface area contributed by atoms with Crippen LogP contribution in [0, 0.1) is 12.8 Å². The van der Waals surface area contributed by atoms with Gasteiger partial charge in [0.15, 0.2) is 0 Å². The smallest absolute Gasteiger partial charge is 0.00960 e. The van der Waals surface area contributed by atoms with Gasteiger partial charge in [0.25, 0.3) is 0 Å². The Morgan fingerprint density at radius 1 is 0.750 bits per heavy atom. The number of rotatable bonds is 1. The molecule has 0 heterocycles. The molecule has 0 N–H and O–H groups in total. The minimum atomic E-state index is 0.797. The molecule has 0 heteroatoms. The van der Waals surface area contributed by atoms with E-state index in [0.717, 1.165) is 11.8 Å². The van der Waals surface area contributed by atoms with Crippen LogP contribution < -0.4 is 0 Å². The largest absolute Gasteiger partial charge is 0.0625 e. The summed E-state index contributed by atoms with van der Waals surface area (Å²) in [7, 11) is 0. The third-order valence-corrected chi connectivity index (χ3v) is 5.29. The predicted molar refractivity (Wildman–Crippen MR) is 86.0 cm³/mol. The molecule has 4 rings (SSSR count). The molecular weight excluding hydrogens is 240 g/mol. The number of fused-ring (bicyclic) bond motifs is 4. The lowest BCUT2D eigenvalue weighted by Crippen LogP contribution is -2.11. The molecule has 1 saturated carbocycles. The van der Waals surface area contributed by atoms with Gasteiger partial charge in [-0.3, -0.25) is 0 Å². The first-order chi connectivity index (χ1) is 9.72. The predicted octanol–water partition coefficient (Wildman–Crippen LogP) is 5.94. The van der Waals surface area contributed by atoms with Crippen LogP contribution in [0.1, 0.15) is 49.7 Å². The van der Waals surface area contributed by atoms with E-state index in [-0.39, 0.29) is 0 Å². The van der Waals surface area contributed by atoms with Crippen molar-refractivity contribution < 1.29 is 0 Å². The molecule has 1 fully saturated rings. The Balaban J connectivity index is 1.66. The first-order valence-electron chi connectivity index (χ1n) is 7.98. The van der Waals surface area contributed by atoms with Crippen LogP contribution in [0.5, 0.6) is 0 Å². The van der Waals surface area contributed by atoms with Gasteiger partial charge in [0, 0.05) is 0 Å². The summed E-state index contributed by atoms with van der Waals surface area (Å²) >= 11 is 0. The molecule has 0 spiro atoms. The standard InChI is InChI=1S/C20H22/c1-13-3-6-15(7-4-13)16-8-10-18-17-9-5-14(2)11-19(17)20(18)12-16/h5,8-13,15H,3-4,6-7H2,1-2H3. The van der Waals surface area contributed by atoms with E-state index < -0.39 is 0 Å². The van der Waals surface area contributed by atoms with Crippen molar-refractivity contribution in [3.8, 4) is 22.3 Å². The van der Waals surface area contributed by atoms with Crippen LogP contribution in [-0.2, 0) is 0 Å². The second-order valence-electron chi connectivity index (χ2n) is 6.81. The van der Waals surface area contributed by atoms with Crippen LogP contribution in [0.15, 0.2) is 36.4 Å². The monoisotopic (exact) mass is 262 g/mol. The third-order valence-electron chi connectivity index (χ3n) is 5.29. The van der Waals surface area contributed by atoms with Crippen molar-refractivity contribution in [2.75, 3.05) is 0 Å². The minimum absolute atomic E-state index is 0.797. The second-order valence-corrected chi connectivity index (χ2v) is 6.81. The van der Waals surface area contributed by atoms with Crippen molar-refractivity contribution in [1.29, 1.82) is 0 Å². The Hall–Kier alpha value is -1.56. The van der Waals surface area contributed by atoms with Gasteiger partial charge in [-0.2, -0.15) is 0 Å². The van der Waals surface area contributed by atoms with Crippen molar-refractivity contribution in [2.45, 2.75) is 45.4 Å². The Morgan fingerprint density at radius 2 is 1.40 bits per heavy atom. The molecule has 2 aromatic rings. The molecule has 0 bridgehead atoms. The summed E-state index contributed by atoms with van der Waals surface area (Å²) in [5.41, 5.74) is 8.78. The van der Waals surface area contributed by atoms with Crippen LogP contribution >= 0.6 is 0 Å². The van der Waals surface area contributed by atoms with Crippen molar-refractivity contribution in [2.24, 2.45) is 5.92 Å². The molecule has 2 aliphatic carbocycles. The molecule has 20 heavy (non-hydrogen) atoms. The van der Waals surface area contributed by atoms with E-state index in [4.69, 9.17) is 0 Å². The van der Waals surface area contributed by atoms with Gasteiger partial charge in [0.2, 0.25) is 0 Å². The Kier molecular flexibility index (Phi) is 2.73. The molecule has 2 aliphatic rings. The van der Waals surface area contributed by atoms with Crippen LogP contribution in [0.3, 0.4) is 0 Å². The lowest BCUT2D eigenvalue weighted by atomic mass is 9.75. The number of hydrogen-bond acceptors (Lipinski definition) is 0. The minimum Gasteiger partial charge on any atom is -0.0625 e. The van der Waals surface area contributed by atoms with Gasteiger partial charge in [-0.05, 0) is 59.4 Å². The first-order valence-corrected chi connectivity index (χ1v) is 7.98. The fourth-order valence-electron chi connectivity index (χ4n) is 3.92. The van der Waals surface area contributed by atoms with E-state index in [1.807, 2.05) is 0 Å². The first kappa shape index (κ1) is 12.2. The second kappa shape index (κ2) is 4.48. The van der Waals surface area contributed by atoms with Gasteiger partial charge in [-0.1, -0.05) is 61.7 Å². The van der Waals surface area contributed by atoms with Gasteiger partial charge >= 0.3 is 0 Å². The molecule has 0 unspecified atom stereocenters. The zero-order valence-corrected chi connectivity index (χ0v) is 12.4. The molecule has 0 radical (unpaired) electrons. The average molecular weight is 262 g/mol. The molecule has 0 atom stereocenters. The lowest BCUT2D eigenvalue weighted by Gasteiger charge is -2.30. The van der Waals surface area contributed by atoms with Gasteiger partial charge in [0.1, 0.15) is 0 Å². The highest BCUT2D eigenvalue weighted by Crippen LogP contribution is 2.49.